The molecule has 21 heavy (non-hydrogen) atoms. The second-order valence-corrected chi connectivity index (χ2v) is 9.31. The lowest BCUT2D eigenvalue weighted by Crippen LogP contribution is -2.35. The molecule has 0 bridgehead atoms. The van der Waals surface area contributed by atoms with Crippen molar-refractivity contribution in [2.24, 2.45) is 0 Å². The predicted octanol–water partition coefficient (Wildman–Crippen LogP) is 1.93. The van der Waals surface area contributed by atoms with Crippen molar-refractivity contribution in [2.45, 2.75) is 17.7 Å². The lowest BCUT2D eigenvalue weighted by atomic mass is 10.4. The number of likely N-dealkylation sites (tertiary alicyclic amines) is 1. The van der Waals surface area contributed by atoms with Crippen molar-refractivity contribution in [3.63, 3.8) is 0 Å². The van der Waals surface area contributed by atoms with Gasteiger partial charge in [0.25, 0.3) is 0 Å². The van der Waals surface area contributed by atoms with Crippen LogP contribution < -0.4 is 0 Å². The van der Waals surface area contributed by atoms with Crippen LogP contribution in [0.2, 0.25) is 0 Å². The second kappa shape index (κ2) is 6.74. The Bertz CT molecular complexity index is 623. The van der Waals surface area contributed by atoms with Gasteiger partial charge in [-0.3, -0.25) is 0 Å². The zero-order chi connectivity index (χ0) is 15.6. The molecule has 1 saturated heterocycles. The van der Waals surface area contributed by atoms with Crippen molar-refractivity contribution >= 4 is 43.3 Å². The molecule has 118 valence electrons. The molecule has 1 N–H and O–H groups in total. The molecule has 1 fully saturated rings. The average Bonchev–Trinajstić information content (AvgIpc) is 3.04. The number of sulfonamides is 1. The van der Waals surface area contributed by atoms with E-state index in [4.69, 9.17) is 5.11 Å². The van der Waals surface area contributed by atoms with E-state index in [2.05, 4.69) is 20.8 Å². The maximum absolute atomic E-state index is 12.5. The van der Waals surface area contributed by atoms with Gasteiger partial charge in [0.2, 0.25) is 10.0 Å². The van der Waals surface area contributed by atoms with Gasteiger partial charge in [0, 0.05) is 20.1 Å². The molecule has 0 spiro atoms. The highest BCUT2D eigenvalue weighted by Crippen LogP contribution is 2.33. The van der Waals surface area contributed by atoms with Crippen molar-refractivity contribution in [3.8, 4) is 0 Å². The number of hydrogen-bond acceptors (Lipinski definition) is 5. The number of carbonyl (C=O) groups is 1. The summed E-state index contributed by atoms with van der Waals surface area (Å²) < 4.78 is 26.6. The van der Waals surface area contributed by atoms with Gasteiger partial charge >= 0.3 is 5.97 Å². The number of carboxylic acids is 1. The summed E-state index contributed by atoms with van der Waals surface area (Å²) in [6.07, 6.45) is 2.32. The van der Waals surface area contributed by atoms with Crippen LogP contribution in [-0.2, 0) is 10.0 Å². The lowest BCUT2D eigenvalue weighted by Gasteiger charge is -2.21. The summed E-state index contributed by atoms with van der Waals surface area (Å²) >= 11 is 4.06. The van der Waals surface area contributed by atoms with E-state index in [-0.39, 0.29) is 9.77 Å². The molecule has 1 aromatic rings. The van der Waals surface area contributed by atoms with Crippen LogP contribution in [-0.4, -0.2) is 61.9 Å². The van der Waals surface area contributed by atoms with Crippen LogP contribution in [0.4, 0.5) is 0 Å². The van der Waals surface area contributed by atoms with Gasteiger partial charge < -0.3 is 10.0 Å². The smallest absolute Gasteiger partial charge is 0.345 e. The first-order chi connectivity index (χ1) is 9.82. The number of hydrogen-bond donors (Lipinski definition) is 1. The van der Waals surface area contributed by atoms with Crippen LogP contribution in [0.25, 0.3) is 0 Å². The van der Waals surface area contributed by atoms with Crippen LogP contribution in [0.5, 0.6) is 0 Å². The Morgan fingerprint density at radius 2 is 2.10 bits per heavy atom. The molecule has 1 aliphatic rings. The number of rotatable bonds is 6. The topological polar surface area (TPSA) is 77.9 Å². The summed E-state index contributed by atoms with van der Waals surface area (Å²) in [5.41, 5.74) is 0. The van der Waals surface area contributed by atoms with Crippen LogP contribution in [0.1, 0.15) is 22.5 Å². The van der Waals surface area contributed by atoms with Gasteiger partial charge in [-0.25, -0.2) is 13.2 Å². The number of aromatic carboxylic acids is 1. The molecule has 0 saturated carbocycles. The third kappa shape index (κ3) is 3.84. The summed E-state index contributed by atoms with van der Waals surface area (Å²) in [7, 11) is -2.14. The van der Waals surface area contributed by atoms with Crippen molar-refractivity contribution < 1.29 is 18.3 Å². The summed E-state index contributed by atoms with van der Waals surface area (Å²) in [4.78, 5) is 13.2. The van der Waals surface area contributed by atoms with E-state index in [1.54, 1.807) is 0 Å². The molecule has 0 aliphatic carbocycles. The molecule has 1 aliphatic heterocycles. The van der Waals surface area contributed by atoms with Crippen molar-refractivity contribution in [1.29, 1.82) is 0 Å². The van der Waals surface area contributed by atoms with Gasteiger partial charge in [0.05, 0.1) is 3.79 Å². The Hall–Kier alpha value is -0.480. The fourth-order valence-corrected chi connectivity index (χ4v) is 5.72. The van der Waals surface area contributed by atoms with E-state index in [0.717, 1.165) is 37.3 Å². The van der Waals surface area contributed by atoms with Crippen LogP contribution in [0, 0.1) is 0 Å². The fraction of sp³-hybridized carbons (Fsp3) is 0.583. The molecule has 0 radical (unpaired) electrons. The summed E-state index contributed by atoms with van der Waals surface area (Å²) in [6, 6.07) is 1.21. The standard InChI is InChI=1S/C12H17BrN2O4S2/c1-14(6-7-15-4-2-3-5-15)21(18,19)10-8-9(12(16)17)20-11(10)13/h8H,2-7H2,1H3,(H,16,17). The van der Waals surface area contributed by atoms with Crippen LogP contribution in [0.15, 0.2) is 14.7 Å². The minimum Gasteiger partial charge on any atom is -0.477 e. The lowest BCUT2D eigenvalue weighted by molar-refractivity contribution is 0.0702. The fourth-order valence-electron chi connectivity index (χ4n) is 2.21. The summed E-state index contributed by atoms with van der Waals surface area (Å²) in [5.74, 6) is -1.12. The molecular weight excluding hydrogens is 380 g/mol. The molecule has 2 heterocycles. The molecule has 0 amide bonds. The maximum atomic E-state index is 12.5. The third-order valence-electron chi connectivity index (χ3n) is 3.48. The number of carboxylic acid groups (broad SMARTS) is 1. The highest BCUT2D eigenvalue weighted by Gasteiger charge is 2.27. The van der Waals surface area contributed by atoms with Crippen molar-refractivity contribution in [2.75, 3.05) is 33.2 Å². The molecule has 9 heteroatoms. The minimum absolute atomic E-state index is 0.00777. The average molecular weight is 397 g/mol. The Morgan fingerprint density at radius 3 is 2.62 bits per heavy atom. The molecule has 6 nitrogen and oxygen atoms in total. The Balaban J connectivity index is 2.10. The molecule has 0 unspecified atom stereocenters. The zero-order valence-electron chi connectivity index (χ0n) is 11.6. The first-order valence-electron chi connectivity index (χ1n) is 6.53. The Morgan fingerprint density at radius 1 is 1.48 bits per heavy atom. The minimum atomic E-state index is -3.67. The zero-order valence-corrected chi connectivity index (χ0v) is 14.8. The first-order valence-corrected chi connectivity index (χ1v) is 9.58. The highest BCUT2D eigenvalue weighted by atomic mass is 79.9. The van der Waals surface area contributed by atoms with Crippen molar-refractivity contribution in [1.82, 2.24) is 9.21 Å². The SMILES string of the molecule is CN(CCN1CCCC1)S(=O)(=O)c1cc(C(=O)O)sc1Br. The Labute approximate surface area is 136 Å². The monoisotopic (exact) mass is 396 g/mol. The van der Waals surface area contributed by atoms with Gasteiger partial charge in [-0.05, 0) is 47.9 Å². The van der Waals surface area contributed by atoms with Crippen LogP contribution >= 0.6 is 27.3 Å². The van der Waals surface area contributed by atoms with Crippen LogP contribution in [0.3, 0.4) is 0 Å². The molecule has 0 aromatic carbocycles. The Kier molecular flexibility index (Phi) is 5.42. The van der Waals surface area contributed by atoms with E-state index >= 15 is 0 Å². The van der Waals surface area contributed by atoms with Crippen molar-refractivity contribution in [3.05, 3.63) is 14.7 Å². The van der Waals surface area contributed by atoms with Gasteiger partial charge in [0.1, 0.15) is 9.77 Å². The van der Waals surface area contributed by atoms with E-state index < -0.39 is 16.0 Å². The van der Waals surface area contributed by atoms with E-state index in [1.165, 1.54) is 17.4 Å². The normalized spacial score (nSPS) is 16.7. The van der Waals surface area contributed by atoms with Gasteiger partial charge in [-0.1, -0.05) is 0 Å². The molecule has 0 atom stereocenters. The largest absolute Gasteiger partial charge is 0.477 e. The quantitative estimate of drug-likeness (QED) is 0.794. The summed E-state index contributed by atoms with van der Waals surface area (Å²) in [5, 5.41) is 8.95. The van der Waals surface area contributed by atoms with Gasteiger partial charge in [-0.15, -0.1) is 11.3 Å². The third-order valence-corrected chi connectivity index (χ3v) is 7.58. The summed E-state index contributed by atoms with van der Waals surface area (Å²) in [6.45, 7) is 3.12. The molecule has 1 aromatic heterocycles. The first kappa shape index (κ1) is 16.9. The molecular formula is C12H17BrN2O4S2. The van der Waals surface area contributed by atoms with Gasteiger partial charge in [0.15, 0.2) is 0 Å². The predicted molar refractivity (Wildman–Crippen MR) is 84.5 cm³/mol. The highest BCUT2D eigenvalue weighted by molar-refractivity contribution is 9.11. The van der Waals surface area contributed by atoms with E-state index in [9.17, 15) is 13.2 Å². The number of likely N-dealkylation sites (N-methyl/N-ethyl adjacent to an activating group) is 1. The molecule has 2 rings (SSSR count). The van der Waals surface area contributed by atoms with E-state index in [0.29, 0.717) is 16.9 Å². The number of halogens is 1. The maximum Gasteiger partial charge on any atom is 0.345 e. The number of nitrogens with zero attached hydrogens (tertiary/aromatic N) is 2. The van der Waals surface area contributed by atoms with E-state index in [1.807, 2.05) is 0 Å². The number of thiophene rings is 1. The second-order valence-electron chi connectivity index (χ2n) is 4.93. The van der Waals surface area contributed by atoms with Gasteiger partial charge in [-0.2, -0.15) is 4.31 Å².